The van der Waals surface area contributed by atoms with E-state index in [1.807, 2.05) is 27.7 Å². The summed E-state index contributed by atoms with van der Waals surface area (Å²) in [6.07, 6.45) is 41.9. The van der Waals surface area contributed by atoms with Gasteiger partial charge in [-0.3, -0.25) is 9.59 Å². The molecule has 0 aromatic heterocycles. The zero-order valence-electron chi connectivity index (χ0n) is 32.4. The third kappa shape index (κ3) is 45.1. The van der Waals surface area contributed by atoms with E-state index in [0.717, 1.165) is 12.8 Å². The summed E-state index contributed by atoms with van der Waals surface area (Å²) in [5, 5.41) is 0. The molecule has 0 saturated heterocycles. The molecule has 0 aromatic carbocycles. The molecule has 0 aliphatic carbocycles. The zero-order valence-corrected chi connectivity index (χ0v) is 32.4. The molecule has 276 valence electrons. The van der Waals surface area contributed by atoms with Crippen molar-refractivity contribution in [3.8, 4) is 0 Å². The van der Waals surface area contributed by atoms with Gasteiger partial charge in [0.25, 0.3) is 0 Å². The Morgan fingerprint density at radius 2 is 0.500 bits per heavy atom. The molecule has 0 saturated carbocycles. The maximum Gasteiger partial charge on any atom is 0.306 e. The Morgan fingerprint density at radius 1 is 0.326 bits per heavy atom. The van der Waals surface area contributed by atoms with E-state index in [1.54, 1.807) is 0 Å². The maximum atomic E-state index is 11.4. The number of unbranched alkanes of at least 4 members (excludes halogenated alkanes) is 28. The molecule has 0 spiro atoms. The fourth-order valence-electron chi connectivity index (χ4n) is 5.92. The monoisotopic (exact) mass is 653 g/mol. The quantitative estimate of drug-likeness (QED) is 0.0513. The second-order valence-electron chi connectivity index (χ2n) is 14.5. The summed E-state index contributed by atoms with van der Waals surface area (Å²) < 4.78 is 10.3. The van der Waals surface area contributed by atoms with Crippen LogP contribution in [0.1, 0.15) is 247 Å². The first-order valence-corrected chi connectivity index (χ1v) is 20.7. The molecule has 0 aliphatic heterocycles. The molecule has 46 heavy (non-hydrogen) atoms. The van der Waals surface area contributed by atoms with E-state index >= 15 is 0 Å². The van der Waals surface area contributed by atoms with Crippen LogP contribution >= 0.6 is 0 Å². The van der Waals surface area contributed by atoms with Gasteiger partial charge >= 0.3 is 11.9 Å². The van der Waals surface area contributed by atoms with Crippen molar-refractivity contribution in [2.45, 2.75) is 259 Å². The third-order valence-electron chi connectivity index (χ3n) is 8.70. The van der Waals surface area contributed by atoms with Crippen molar-refractivity contribution >= 4 is 11.9 Å². The van der Waals surface area contributed by atoms with Crippen LogP contribution in [0, 0.1) is 0 Å². The second kappa shape index (κ2) is 40.1. The molecule has 4 heteroatoms. The summed E-state index contributed by atoms with van der Waals surface area (Å²) in [7, 11) is 0. The van der Waals surface area contributed by atoms with Gasteiger partial charge in [0, 0.05) is 12.8 Å². The van der Waals surface area contributed by atoms with Crippen LogP contribution < -0.4 is 0 Å². The molecule has 0 rings (SSSR count). The van der Waals surface area contributed by atoms with Crippen LogP contribution in [-0.2, 0) is 19.1 Å². The van der Waals surface area contributed by atoms with Gasteiger partial charge in [-0.25, -0.2) is 0 Å². The van der Waals surface area contributed by atoms with Crippen molar-refractivity contribution in [1.29, 1.82) is 0 Å². The Balaban J connectivity index is 0. The number of esters is 2. The van der Waals surface area contributed by atoms with Crippen LogP contribution in [0.4, 0.5) is 0 Å². The fourth-order valence-corrected chi connectivity index (χ4v) is 5.92. The first-order valence-electron chi connectivity index (χ1n) is 20.7. The Bertz CT molecular complexity index is 548. The van der Waals surface area contributed by atoms with Crippen molar-refractivity contribution in [3.05, 3.63) is 0 Å². The van der Waals surface area contributed by atoms with Crippen molar-refractivity contribution in [1.82, 2.24) is 0 Å². The smallest absolute Gasteiger partial charge is 0.306 e. The Kier molecular flexibility index (Phi) is 41.0. The number of carbonyl (C=O) groups excluding carboxylic acids is 2. The SMILES string of the molecule is CCCCCCCCCCCCCCCCCC(=O)OC(C)C.CCCCCCCCCCCCCCCCCC(=O)OC(C)C. The molecule has 0 radical (unpaired) electrons. The number of ether oxygens (including phenoxy) is 2. The number of rotatable bonds is 34. The standard InChI is InChI=1S/2C21H42O2/c2*1-4-5-6-7-8-9-10-11-12-13-14-15-16-17-18-19-21(22)23-20(2)3/h2*20H,4-19H2,1-3H3. The summed E-state index contributed by atoms with van der Waals surface area (Å²) in [5.41, 5.74) is 0. The first-order chi connectivity index (χ1) is 22.3. The highest BCUT2D eigenvalue weighted by Crippen LogP contribution is 2.15. The molecular formula is C42H84O4. The molecular weight excluding hydrogens is 568 g/mol. The summed E-state index contributed by atoms with van der Waals surface area (Å²) >= 11 is 0. The van der Waals surface area contributed by atoms with Gasteiger partial charge in [-0.05, 0) is 40.5 Å². The van der Waals surface area contributed by atoms with Gasteiger partial charge < -0.3 is 9.47 Å². The lowest BCUT2D eigenvalue weighted by Gasteiger charge is -2.07. The minimum absolute atomic E-state index is 0.0267. The Hall–Kier alpha value is -1.06. The van der Waals surface area contributed by atoms with Crippen molar-refractivity contribution < 1.29 is 19.1 Å². The maximum absolute atomic E-state index is 11.4. The second-order valence-corrected chi connectivity index (χ2v) is 14.5. The molecule has 0 unspecified atom stereocenters. The number of hydrogen-bond donors (Lipinski definition) is 0. The molecule has 0 aromatic rings. The van der Waals surface area contributed by atoms with Gasteiger partial charge in [0.05, 0.1) is 12.2 Å². The van der Waals surface area contributed by atoms with Gasteiger partial charge in [-0.1, -0.05) is 194 Å². The molecule has 0 aliphatic rings. The summed E-state index contributed by atoms with van der Waals surface area (Å²) in [6, 6.07) is 0. The van der Waals surface area contributed by atoms with Gasteiger partial charge in [0.15, 0.2) is 0 Å². The highest BCUT2D eigenvalue weighted by molar-refractivity contribution is 5.69. The van der Waals surface area contributed by atoms with Crippen LogP contribution in [0.3, 0.4) is 0 Å². The number of hydrogen-bond acceptors (Lipinski definition) is 4. The van der Waals surface area contributed by atoms with Crippen LogP contribution in [-0.4, -0.2) is 24.1 Å². The van der Waals surface area contributed by atoms with E-state index in [9.17, 15) is 9.59 Å². The molecule has 0 N–H and O–H groups in total. The van der Waals surface area contributed by atoms with Gasteiger partial charge in [0.1, 0.15) is 0 Å². The summed E-state index contributed by atoms with van der Waals surface area (Å²) in [6.45, 7) is 12.2. The molecule has 0 bridgehead atoms. The molecule has 4 nitrogen and oxygen atoms in total. The fraction of sp³-hybridized carbons (Fsp3) is 0.952. The van der Waals surface area contributed by atoms with E-state index < -0.39 is 0 Å². The predicted octanol–water partition coefficient (Wildman–Crippen LogP) is 14.4. The van der Waals surface area contributed by atoms with E-state index in [1.165, 1.54) is 180 Å². The third-order valence-corrected chi connectivity index (χ3v) is 8.70. The lowest BCUT2D eigenvalue weighted by molar-refractivity contribution is -0.148. The van der Waals surface area contributed by atoms with Gasteiger partial charge in [-0.2, -0.15) is 0 Å². The average Bonchev–Trinajstić information content (AvgIpc) is 3.00. The van der Waals surface area contributed by atoms with Crippen LogP contribution in [0.15, 0.2) is 0 Å². The van der Waals surface area contributed by atoms with E-state index in [4.69, 9.17) is 9.47 Å². The summed E-state index contributed by atoms with van der Waals surface area (Å²) in [5.74, 6) is -0.0654. The van der Waals surface area contributed by atoms with E-state index in [2.05, 4.69) is 13.8 Å². The lowest BCUT2D eigenvalue weighted by Crippen LogP contribution is -2.10. The number of carbonyl (C=O) groups is 2. The van der Waals surface area contributed by atoms with Gasteiger partial charge in [0.2, 0.25) is 0 Å². The average molecular weight is 653 g/mol. The van der Waals surface area contributed by atoms with Crippen molar-refractivity contribution in [2.24, 2.45) is 0 Å². The van der Waals surface area contributed by atoms with Crippen molar-refractivity contribution in [2.75, 3.05) is 0 Å². The minimum atomic E-state index is -0.0327. The first kappa shape index (κ1) is 47.1. The van der Waals surface area contributed by atoms with Crippen LogP contribution in [0.25, 0.3) is 0 Å². The summed E-state index contributed by atoms with van der Waals surface area (Å²) in [4.78, 5) is 22.7. The normalized spacial score (nSPS) is 11.1. The topological polar surface area (TPSA) is 52.6 Å². The molecule has 0 fully saturated rings. The van der Waals surface area contributed by atoms with E-state index in [0.29, 0.717) is 12.8 Å². The largest absolute Gasteiger partial charge is 0.463 e. The predicted molar refractivity (Wildman–Crippen MR) is 202 cm³/mol. The highest BCUT2D eigenvalue weighted by atomic mass is 16.5. The van der Waals surface area contributed by atoms with Gasteiger partial charge in [-0.15, -0.1) is 0 Å². The Labute approximate surface area is 289 Å². The van der Waals surface area contributed by atoms with E-state index in [-0.39, 0.29) is 24.1 Å². The zero-order chi connectivity index (χ0) is 34.4. The minimum Gasteiger partial charge on any atom is -0.463 e. The highest BCUT2D eigenvalue weighted by Gasteiger charge is 2.05. The molecule has 0 heterocycles. The molecule has 0 amide bonds. The van der Waals surface area contributed by atoms with Crippen LogP contribution in [0.2, 0.25) is 0 Å². The lowest BCUT2D eigenvalue weighted by atomic mass is 10.0. The van der Waals surface area contributed by atoms with Crippen LogP contribution in [0.5, 0.6) is 0 Å². The Morgan fingerprint density at radius 3 is 0.674 bits per heavy atom. The van der Waals surface area contributed by atoms with Crippen molar-refractivity contribution in [3.63, 3.8) is 0 Å². The molecule has 0 atom stereocenters.